The van der Waals surface area contributed by atoms with Crippen LogP contribution in [0.15, 0.2) is 60.7 Å². The van der Waals surface area contributed by atoms with Gasteiger partial charge in [-0.15, -0.1) is 11.3 Å². The summed E-state index contributed by atoms with van der Waals surface area (Å²) in [6.45, 7) is 3.63. The van der Waals surface area contributed by atoms with Gasteiger partial charge in [-0.2, -0.15) is 0 Å². The van der Waals surface area contributed by atoms with Gasteiger partial charge in [-0.3, -0.25) is 14.5 Å². The van der Waals surface area contributed by atoms with Gasteiger partial charge in [0.25, 0.3) is 0 Å². The number of amides is 2. The summed E-state index contributed by atoms with van der Waals surface area (Å²) in [5, 5.41) is 2.86. The summed E-state index contributed by atoms with van der Waals surface area (Å²) < 4.78 is 14.1. The number of carbonyl (C=O) groups is 2. The molecular formula is C25H24FN3O2S. The maximum absolute atomic E-state index is 14.1. The second kappa shape index (κ2) is 8.84. The van der Waals surface area contributed by atoms with E-state index in [2.05, 4.69) is 16.3 Å². The van der Waals surface area contributed by atoms with Crippen LogP contribution >= 0.6 is 11.3 Å². The molecule has 0 saturated carbocycles. The monoisotopic (exact) mass is 449 g/mol. The summed E-state index contributed by atoms with van der Waals surface area (Å²) >= 11 is 1.61. The Balaban J connectivity index is 1.21. The Kier molecular flexibility index (Phi) is 5.76. The number of halogens is 1. The van der Waals surface area contributed by atoms with E-state index in [1.807, 2.05) is 41.3 Å². The van der Waals surface area contributed by atoms with Crippen molar-refractivity contribution >= 4 is 28.8 Å². The van der Waals surface area contributed by atoms with Crippen molar-refractivity contribution < 1.29 is 14.0 Å². The number of carbonyl (C=O) groups excluding carboxylic acids is 2. The van der Waals surface area contributed by atoms with E-state index in [1.165, 1.54) is 10.9 Å². The summed E-state index contributed by atoms with van der Waals surface area (Å²) in [7, 11) is 0. The van der Waals surface area contributed by atoms with Gasteiger partial charge in [0.05, 0.1) is 5.92 Å². The third-order valence-electron chi connectivity index (χ3n) is 6.16. The normalized spacial score (nSPS) is 18.8. The van der Waals surface area contributed by atoms with E-state index in [0.29, 0.717) is 18.7 Å². The SMILES string of the molecule is O=C1CC(C(=O)N2CCN(Cc3ccc(-c4ccccc4F)s3)CC2)c2ccccc2N1. The van der Waals surface area contributed by atoms with Gasteiger partial charge in [0.1, 0.15) is 5.82 Å². The third kappa shape index (κ3) is 4.18. The lowest BCUT2D eigenvalue weighted by atomic mass is 9.89. The Morgan fingerprint density at radius 2 is 1.75 bits per heavy atom. The molecule has 0 radical (unpaired) electrons. The number of thiophene rings is 1. The van der Waals surface area contributed by atoms with Crippen LogP contribution in [0.25, 0.3) is 10.4 Å². The van der Waals surface area contributed by atoms with E-state index in [9.17, 15) is 14.0 Å². The van der Waals surface area contributed by atoms with Gasteiger partial charge in [-0.1, -0.05) is 36.4 Å². The Bertz CT molecular complexity index is 1150. The number of rotatable bonds is 4. The summed E-state index contributed by atoms with van der Waals surface area (Å²) in [6.07, 6.45) is 0.198. The highest BCUT2D eigenvalue weighted by Crippen LogP contribution is 2.34. The number of nitrogens with zero attached hydrogens (tertiary/aromatic N) is 2. The van der Waals surface area contributed by atoms with Gasteiger partial charge in [0.15, 0.2) is 0 Å². The minimum atomic E-state index is -0.410. The van der Waals surface area contributed by atoms with Crippen LogP contribution in [0.4, 0.5) is 10.1 Å². The molecule has 2 aromatic carbocycles. The van der Waals surface area contributed by atoms with Gasteiger partial charge in [0, 0.05) is 60.1 Å². The van der Waals surface area contributed by atoms with Gasteiger partial charge < -0.3 is 10.2 Å². The van der Waals surface area contributed by atoms with E-state index >= 15 is 0 Å². The second-order valence-electron chi connectivity index (χ2n) is 8.24. The molecule has 3 heterocycles. The maximum atomic E-state index is 14.1. The Labute approximate surface area is 190 Å². The second-order valence-corrected chi connectivity index (χ2v) is 9.41. The minimum Gasteiger partial charge on any atom is -0.340 e. The van der Waals surface area contributed by atoms with Gasteiger partial charge in [0.2, 0.25) is 11.8 Å². The lowest BCUT2D eigenvalue weighted by molar-refractivity contribution is -0.136. The van der Waals surface area contributed by atoms with Crippen LogP contribution in [-0.2, 0) is 16.1 Å². The lowest BCUT2D eigenvalue weighted by Crippen LogP contribution is -2.50. The zero-order chi connectivity index (χ0) is 22.1. The molecule has 1 fully saturated rings. The zero-order valence-electron chi connectivity index (χ0n) is 17.6. The van der Waals surface area contributed by atoms with Crippen molar-refractivity contribution in [1.82, 2.24) is 9.80 Å². The minimum absolute atomic E-state index is 0.0323. The number of piperazine rings is 1. The molecule has 1 aromatic heterocycles. The number of fused-ring (bicyclic) bond motifs is 1. The van der Waals surface area contributed by atoms with Crippen molar-refractivity contribution in [3.8, 4) is 10.4 Å². The molecule has 1 atom stereocenters. The summed E-state index contributed by atoms with van der Waals surface area (Å²) in [4.78, 5) is 31.6. The Morgan fingerprint density at radius 1 is 1.00 bits per heavy atom. The highest BCUT2D eigenvalue weighted by molar-refractivity contribution is 7.15. The topological polar surface area (TPSA) is 52.7 Å². The third-order valence-corrected chi connectivity index (χ3v) is 7.27. The highest BCUT2D eigenvalue weighted by atomic mass is 32.1. The molecule has 164 valence electrons. The summed E-state index contributed by atoms with van der Waals surface area (Å²) in [6, 6.07) is 18.4. The molecule has 0 spiro atoms. The lowest BCUT2D eigenvalue weighted by Gasteiger charge is -2.37. The number of hydrogen-bond acceptors (Lipinski definition) is 4. The average Bonchev–Trinajstić information content (AvgIpc) is 3.27. The number of hydrogen-bond donors (Lipinski definition) is 1. The molecule has 5 nitrogen and oxygen atoms in total. The molecular weight excluding hydrogens is 425 g/mol. The Hall–Kier alpha value is -3.03. The smallest absolute Gasteiger partial charge is 0.230 e. The molecule has 32 heavy (non-hydrogen) atoms. The van der Waals surface area contributed by atoms with Crippen LogP contribution in [-0.4, -0.2) is 47.8 Å². The first-order valence-electron chi connectivity index (χ1n) is 10.8. The van der Waals surface area contributed by atoms with Crippen molar-refractivity contribution in [1.29, 1.82) is 0 Å². The predicted molar refractivity (Wildman–Crippen MR) is 124 cm³/mol. The first-order chi connectivity index (χ1) is 15.6. The van der Waals surface area contributed by atoms with Gasteiger partial charge in [-0.25, -0.2) is 4.39 Å². The first-order valence-corrected chi connectivity index (χ1v) is 11.6. The zero-order valence-corrected chi connectivity index (χ0v) is 18.4. The molecule has 5 rings (SSSR count). The number of nitrogens with one attached hydrogen (secondary N) is 1. The molecule has 1 saturated heterocycles. The highest BCUT2D eigenvalue weighted by Gasteiger charge is 2.34. The van der Waals surface area contributed by atoms with Crippen molar-refractivity contribution in [3.05, 3.63) is 76.9 Å². The molecule has 3 aromatic rings. The van der Waals surface area contributed by atoms with Crippen LogP contribution in [0, 0.1) is 5.82 Å². The summed E-state index contributed by atoms with van der Waals surface area (Å²) in [5.74, 6) is -0.688. The fourth-order valence-electron chi connectivity index (χ4n) is 4.47. The molecule has 2 amide bonds. The average molecular weight is 450 g/mol. The van der Waals surface area contributed by atoms with Crippen LogP contribution in [0.1, 0.15) is 22.8 Å². The molecule has 0 aliphatic carbocycles. The molecule has 1 unspecified atom stereocenters. The van der Waals surface area contributed by atoms with Crippen molar-refractivity contribution in [2.75, 3.05) is 31.5 Å². The van der Waals surface area contributed by atoms with Crippen molar-refractivity contribution in [2.45, 2.75) is 18.9 Å². The first kappa shape index (κ1) is 20.8. The van der Waals surface area contributed by atoms with Crippen molar-refractivity contribution in [3.63, 3.8) is 0 Å². The molecule has 0 bridgehead atoms. The van der Waals surface area contributed by atoms with Crippen molar-refractivity contribution in [2.24, 2.45) is 0 Å². The largest absolute Gasteiger partial charge is 0.340 e. The van der Waals surface area contributed by atoms with E-state index in [-0.39, 0.29) is 24.1 Å². The van der Waals surface area contributed by atoms with Gasteiger partial charge >= 0.3 is 0 Å². The van der Waals surface area contributed by atoms with Crippen LogP contribution in [0.2, 0.25) is 0 Å². The van der Waals surface area contributed by atoms with E-state index < -0.39 is 5.92 Å². The number of anilines is 1. The van der Waals surface area contributed by atoms with Crippen LogP contribution < -0.4 is 5.32 Å². The van der Waals surface area contributed by atoms with E-state index in [4.69, 9.17) is 0 Å². The summed E-state index contributed by atoms with van der Waals surface area (Å²) in [5.41, 5.74) is 2.28. The fraction of sp³-hybridized carbons (Fsp3) is 0.280. The van der Waals surface area contributed by atoms with Crippen LogP contribution in [0.3, 0.4) is 0 Å². The molecule has 1 N–H and O–H groups in total. The molecule has 2 aliphatic heterocycles. The maximum Gasteiger partial charge on any atom is 0.230 e. The van der Waals surface area contributed by atoms with E-state index in [0.717, 1.165) is 35.8 Å². The Morgan fingerprint density at radius 3 is 2.56 bits per heavy atom. The molecule has 7 heteroatoms. The van der Waals surface area contributed by atoms with Crippen LogP contribution in [0.5, 0.6) is 0 Å². The van der Waals surface area contributed by atoms with E-state index in [1.54, 1.807) is 23.5 Å². The van der Waals surface area contributed by atoms with Gasteiger partial charge in [-0.05, 0) is 29.8 Å². The number of benzene rings is 2. The molecule has 2 aliphatic rings. The predicted octanol–water partition coefficient (Wildman–Crippen LogP) is 4.32. The standard InChI is InChI=1S/C25H24FN3O2S/c26-21-7-3-1-6-19(21)23-10-9-17(32-23)16-28-11-13-29(14-12-28)25(31)20-15-24(30)27-22-8-4-2-5-18(20)22/h1-10,20H,11-16H2,(H,27,30). The quantitative estimate of drug-likeness (QED) is 0.645. The number of para-hydroxylation sites is 1. The fourth-order valence-corrected chi connectivity index (χ4v) is 5.54.